The van der Waals surface area contributed by atoms with Gasteiger partial charge in [0, 0.05) is 23.2 Å². The molecule has 1 aromatic carbocycles. The van der Waals surface area contributed by atoms with Gasteiger partial charge in [-0.3, -0.25) is 4.68 Å². The van der Waals surface area contributed by atoms with Gasteiger partial charge < -0.3 is 10.1 Å². The SMILES string of the molecule is CNCc1cc(Cl)ccc1Oc1cnn(C(C)C)c1. The number of benzene rings is 1. The van der Waals surface area contributed by atoms with Crippen LogP contribution in [-0.4, -0.2) is 16.8 Å². The van der Waals surface area contributed by atoms with Crippen molar-refractivity contribution >= 4 is 11.6 Å². The normalized spacial score (nSPS) is 11.0. The van der Waals surface area contributed by atoms with Crippen molar-refractivity contribution in [3.8, 4) is 11.5 Å². The molecule has 0 unspecified atom stereocenters. The van der Waals surface area contributed by atoms with Crippen molar-refractivity contribution in [3.63, 3.8) is 0 Å². The molecule has 1 N–H and O–H groups in total. The highest BCUT2D eigenvalue weighted by molar-refractivity contribution is 6.30. The smallest absolute Gasteiger partial charge is 0.165 e. The van der Waals surface area contributed by atoms with Crippen LogP contribution in [0.25, 0.3) is 0 Å². The van der Waals surface area contributed by atoms with Gasteiger partial charge in [-0.15, -0.1) is 0 Å². The molecule has 19 heavy (non-hydrogen) atoms. The van der Waals surface area contributed by atoms with Crippen molar-refractivity contribution < 1.29 is 4.74 Å². The van der Waals surface area contributed by atoms with Gasteiger partial charge >= 0.3 is 0 Å². The molecule has 0 atom stereocenters. The Balaban J connectivity index is 2.21. The maximum absolute atomic E-state index is 6.00. The third-order valence-corrected chi connectivity index (χ3v) is 2.96. The average molecular weight is 280 g/mol. The van der Waals surface area contributed by atoms with Crippen molar-refractivity contribution in [2.75, 3.05) is 7.05 Å². The number of hydrogen-bond acceptors (Lipinski definition) is 3. The largest absolute Gasteiger partial charge is 0.454 e. The van der Waals surface area contributed by atoms with Crippen molar-refractivity contribution in [2.45, 2.75) is 26.4 Å². The predicted octanol–water partition coefficient (Wildman–Crippen LogP) is 3.63. The van der Waals surface area contributed by atoms with Crippen LogP contribution >= 0.6 is 11.6 Å². The van der Waals surface area contributed by atoms with Crippen molar-refractivity contribution in [2.24, 2.45) is 0 Å². The van der Waals surface area contributed by atoms with Gasteiger partial charge in [-0.05, 0) is 39.1 Å². The molecule has 0 radical (unpaired) electrons. The fraction of sp³-hybridized carbons (Fsp3) is 0.357. The van der Waals surface area contributed by atoms with Gasteiger partial charge in [-0.25, -0.2) is 0 Å². The molecule has 0 aliphatic heterocycles. The van der Waals surface area contributed by atoms with Gasteiger partial charge in [0.15, 0.2) is 5.75 Å². The number of rotatable bonds is 5. The third kappa shape index (κ3) is 3.49. The first-order valence-electron chi connectivity index (χ1n) is 6.25. The summed E-state index contributed by atoms with van der Waals surface area (Å²) in [6.07, 6.45) is 3.61. The quantitative estimate of drug-likeness (QED) is 0.908. The van der Waals surface area contributed by atoms with Crippen LogP contribution in [0.3, 0.4) is 0 Å². The van der Waals surface area contributed by atoms with Crippen LogP contribution in [0.15, 0.2) is 30.6 Å². The lowest BCUT2D eigenvalue weighted by atomic mass is 10.2. The van der Waals surface area contributed by atoms with E-state index < -0.39 is 0 Å². The van der Waals surface area contributed by atoms with Gasteiger partial charge in [0.05, 0.1) is 12.4 Å². The van der Waals surface area contributed by atoms with Crippen LogP contribution in [-0.2, 0) is 6.54 Å². The summed E-state index contributed by atoms with van der Waals surface area (Å²) in [5.41, 5.74) is 1.02. The Kier molecular flexibility index (Phi) is 4.45. The molecule has 0 fully saturated rings. The topological polar surface area (TPSA) is 39.1 Å². The molecular weight excluding hydrogens is 262 g/mol. The van der Waals surface area contributed by atoms with Crippen LogP contribution in [0, 0.1) is 0 Å². The second-order valence-corrected chi connectivity index (χ2v) is 5.07. The highest BCUT2D eigenvalue weighted by atomic mass is 35.5. The van der Waals surface area contributed by atoms with Crippen LogP contribution < -0.4 is 10.1 Å². The van der Waals surface area contributed by atoms with E-state index in [-0.39, 0.29) is 0 Å². The summed E-state index contributed by atoms with van der Waals surface area (Å²) in [7, 11) is 1.89. The van der Waals surface area contributed by atoms with E-state index in [0.717, 1.165) is 17.1 Å². The Morgan fingerprint density at radius 1 is 1.42 bits per heavy atom. The summed E-state index contributed by atoms with van der Waals surface area (Å²) in [5, 5.41) is 8.06. The Labute approximate surface area is 118 Å². The number of hydrogen-bond donors (Lipinski definition) is 1. The second kappa shape index (κ2) is 6.08. The minimum absolute atomic E-state index is 0.319. The zero-order valence-electron chi connectivity index (χ0n) is 11.4. The van der Waals surface area contributed by atoms with Crippen LogP contribution in [0.2, 0.25) is 5.02 Å². The number of ether oxygens (including phenoxy) is 1. The number of nitrogens with zero attached hydrogens (tertiary/aromatic N) is 2. The van der Waals surface area contributed by atoms with Gasteiger partial charge in [-0.2, -0.15) is 5.10 Å². The van der Waals surface area contributed by atoms with Gasteiger partial charge in [-0.1, -0.05) is 11.6 Å². The fourth-order valence-corrected chi connectivity index (χ4v) is 1.95. The standard InChI is InChI=1S/C14H18ClN3O/c1-10(2)18-9-13(8-17-18)19-14-5-4-12(15)6-11(14)7-16-3/h4-6,8-10,16H,7H2,1-3H3. The first-order valence-corrected chi connectivity index (χ1v) is 6.63. The van der Waals surface area contributed by atoms with Crippen molar-refractivity contribution in [1.29, 1.82) is 0 Å². The number of aromatic nitrogens is 2. The number of halogens is 1. The molecule has 2 aromatic rings. The van der Waals surface area contributed by atoms with Gasteiger partial charge in [0.2, 0.25) is 0 Å². The molecule has 1 heterocycles. The molecule has 102 valence electrons. The molecule has 0 saturated carbocycles. The predicted molar refractivity (Wildman–Crippen MR) is 76.9 cm³/mol. The van der Waals surface area contributed by atoms with Crippen LogP contribution in [0.1, 0.15) is 25.5 Å². The molecular formula is C14H18ClN3O. The van der Waals surface area contributed by atoms with E-state index in [1.165, 1.54) is 0 Å². The first kappa shape index (κ1) is 13.9. The van der Waals surface area contributed by atoms with E-state index in [9.17, 15) is 0 Å². The van der Waals surface area contributed by atoms with E-state index in [1.807, 2.05) is 36.1 Å². The monoisotopic (exact) mass is 279 g/mol. The van der Waals surface area contributed by atoms with Crippen LogP contribution in [0.5, 0.6) is 11.5 Å². The lowest BCUT2D eigenvalue weighted by Crippen LogP contribution is -2.06. The lowest BCUT2D eigenvalue weighted by Gasteiger charge is -2.10. The molecule has 0 amide bonds. The zero-order chi connectivity index (χ0) is 13.8. The fourth-order valence-electron chi connectivity index (χ4n) is 1.76. The molecule has 0 aliphatic rings. The molecule has 5 heteroatoms. The Morgan fingerprint density at radius 3 is 2.84 bits per heavy atom. The zero-order valence-corrected chi connectivity index (χ0v) is 12.1. The van der Waals surface area contributed by atoms with E-state index >= 15 is 0 Å². The maximum atomic E-state index is 6.00. The summed E-state index contributed by atoms with van der Waals surface area (Å²) in [6.45, 7) is 4.85. The summed E-state index contributed by atoms with van der Waals surface area (Å²) in [6, 6.07) is 5.92. The summed E-state index contributed by atoms with van der Waals surface area (Å²) < 4.78 is 7.73. The molecule has 0 aliphatic carbocycles. The number of nitrogens with one attached hydrogen (secondary N) is 1. The van der Waals surface area contributed by atoms with Gasteiger partial charge in [0.1, 0.15) is 5.75 Å². The maximum Gasteiger partial charge on any atom is 0.165 e. The van der Waals surface area contributed by atoms with Crippen LogP contribution in [0.4, 0.5) is 0 Å². The molecule has 2 rings (SSSR count). The lowest BCUT2D eigenvalue weighted by molar-refractivity contribution is 0.469. The van der Waals surface area contributed by atoms with Crippen molar-refractivity contribution in [3.05, 3.63) is 41.2 Å². The van der Waals surface area contributed by atoms with Gasteiger partial charge in [0.25, 0.3) is 0 Å². The Morgan fingerprint density at radius 2 is 2.21 bits per heavy atom. The third-order valence-electron chi connectivity index (χ3n) is 2.72. The summed E-state index contributed by atoms with van der Waals surface area (Å²) in [4.78, 5) is 0. The van der Waals surface area contributed by atoms with E-state index in [0.29, 0.717) is 17.6 Å². The average Bonchev–Trinajstić information content (AvgIpc) is 2.82. The second-order valence-electron chi connectivity index (χ2n) is 4.63. The first-order chi connectivity index (χ1) is 9.10. The van der Waals surface area contributed by atoms with E-state index in [4.69, 9.17) is 16.3 Å². The molecule has 1 aromatic heterocycles. The van der Waals surface area contributed by atoms with E-state index in [1.54, 1.807) is 6.20 Å². The molecule has 4 nitrogen and oxygen atoms in total. The summed E-state index contributed by atoms with van der Waals surface area (Å²) in [5.74, 6) is 1.52. The highest BCUT2D eigenvalue weighted by Gasteiger charge is 2.08. The minimum Gasteiger partial charge on any atom is -0.454 e. The highest BCUT2D eigenvalue weighted by Crippen LogP contribution is 2.28. The Bertz CT molecular complexity index is 551. The van der Waals surface area contributed by atoms with Crippen molar-refractivity contribution in [1.82, 2.24) is 15.1 Å². The molecule has 0 bridgehead atoms. The Hall–Kier alpha value is -1.52. The summed E-state index contributed by atoms with van der Waals surface area (Å²) >= 11 is 6.00. The minimum atomic E-state index is 0.319. The molecule has 0 spiro atoms. The molecule has 0 saturated heterocycles. The van der Waals surface area contributed by atoms with E-state index in [2.05, 4.69) is 24.3 Å².